The quantitative estimate of drug-likeness (QED) is 0.532. The van der Waals surface area contributed by atoms with Gasteiger partial charge in [0, 0.05) is 6.20 Å². The Morgan fingerprint density at radius 2 is 2.46 bits per heavy atom. The molecule has 0 aliphatic heterocycles. The highest BCUT2D eigenvalue weighted by molar-refractivity contribution is 5.82. The second-order valence-electron chi connectivity index (χ2n) is 2.16. The number of aromatic amines is 1. The molecule has 1 heterocycles. The predicted molar refractivity (Wildman–Crippen MR) is 42.5 cm³/mol. The van der Waals surface area contributed by atoms with E-state index in [0.717, 1.165) is 0 Å². The van der Waals surface area contributed by atoms with Crippen molar-refractivity contribution in [3.63, 3.8) is 0 Å². The molecular weight excluding hydrogens is 180 g/mol. The number of H-pyrrole nitrogens is 1. The second-order valence-corrected chi connectivity index (χ2v) is 2.16. The van der Waals surface area contributed by atoms with E-state index in [-0.39, 0.29) is 0 Å². The third kappa shape index (κ3) is 3.02. The molecule has 0 saturated heterocycles. The maximum Gasteiger partial charge on any atom is 0.317 e. The standard InChI is InChI=1S/C7H7F2N3O/c8-6(9)7(13)12-11-4-5-2-1-3-10-5/h1-4,6,10H,(H,12,13)/b11-4+. The summed E-state index contributed by atoms with van der Waals surface area (Å²) in [5.74, 6) is -1.41. The first-order valence-corrected chi connectivity index (χ1v) is 3.44. The molecule has 0 unspecified atom stereocenters. The van der Waals surface area contributed by atoms with Crippen LogP contribution in [0.25, 0.3) is 0 Å². The Morgan fingerprint density at radius 1 is 1.69 bits per heavy atom. The van der Waals surface area contributed by atoms with E-state index >= 15 is 0 Å². The van der Waals surface area contributed by atoms with E-state index in [9.17, 15) is 13.6 Å². The van der Waals surface area contributed by atoms with E-state index in [1.54, 1.807) is 23.8 Å². The number of alkyl halides is 2. The molecule has 1 aromatic rings. The van der Waals surface area contributed by atoms with E-state index in [2.05, 4.69) is 10.1 Å². The highest BCUT2D eigenvalue weighted by Crippen LogP contribution is 1.91. The number of carbonyl (C=O) groups excluding carboxylic acids is 1. The van der Waals surface area contributed by atoms with Crippen molar-refractivity contribution < 1.29 is 13.6 Å². The lowest BCUT2D eigenvalue weighted by Gasteiger charge is -1.94. The van der Waals surface area contributed by atoms with Gasteiger partial charge in [0.2, 0.25) is 0 Å². The van der Waals surface area contributed by atoms with Crippen LogP contribution < -0.4 is 5.43 Å². The Labute approximate surface area is 72.6 Å². The lowest BCUT2D eigenvalue weighted by atomic mass is 10.5. The third-order valence-corrected chi connectivity index (χ3v) is 1.20. The summed E-state index contributed by atoms with van der Waals surface area (Å²) in [7, 11) is 0. The van der Waals surface area contributed by atoms with Gasteiger partial charge in [0.1, 0.15) is 0 Å². The first-order valence-electron chi connectivity index (χ1n) is 3.44. The number of rotatable bonds is 3. The van der Waals surface area contributed by atoms with Crippen LogP contribution in [0.15, 0.2) is 23.4 Å². The zero-order valence-electron chi connectivity index (χ0n) is 6.50. The maximum absolute atomic E-state index is 11.6. The number of amides is 1. The summed E-state index contributed by atoms with van der Waals surface area (Å²) in [5, 5.41) is 3.30. The monoisotopic (exact) mass is 187 g/mol. The lowest BCUT2D eigenvalue weighted by Crippen LogP contribution is -2.24. The van der Waals surface area contributed by atoms with Gasteiger partial charge >= 0.3 is 12.3 Å². The Morgan fingerprint density at radius 3 is 3.00 bits per heavy atom. The molecule has 0 aliphatic carbocycles. The molecule has 0 atom stereocenters. The van der Waals surface area contributed by atoms with Crippen molar-refractivity contribution in [3.05, 3.63) is 24.0 Å². The number of hydrogen-bond acceptors (Lipinski definition) is 2. The van der Waals surface area contributed by atoms with Crippen LogP contribution in [0.4, 0.5) is 8.78 Å². The minimum absolute atomic E-state index is 0.620. The highest BCUT2D eigenvalue weighted by atomic mass is 19.3. The van der Waals surface area contributed by atoms with Crippen LogP contribution in [0, 0.1) is 0 Å². The van der Waals surface area contributed by atoms with Gasteiger partial charge in [0.05, 0.1) is 11.9 Å². The number of carbonyl (C=O) groups is 1. The molecule has 70 valence electrons. The summed E-state index contributed by atoms with van der Waals surface area (Å²) in [6, 6.07) is 3.40. The molecule has 0 fully saturated rings. The smallest absolute Gasteiger partial charge is 0.317 e. The normalized spacial score (nSPS) is 11.0. The van der Waals surface area contributed by atoms with Gasteiger partial charge in [0.25, 0.3) is 0 Å². The Hall–Kier alpha value is -1.72. The molecule has 1 aromatic heterocycles. The summed E-state index contributed by atoms with van der Waals surface area (Å²) in [4.78, 5) is 13.0. The number of hydrogen-bond donors (Lipinski definition) is 2. The molecule has 0 radical (unpaired) electrons. The molecule has 2 N–H and O–H groups in total. The zero-order valence-corrected chi connectivity index (χ0v) is 6.50. The fraction of sp³-hybridized carbons (Fsp3) is 0.143. The zero-order chi connectivity index (χ0) is 9.68. The van der Waals surface area contributed by atoms with Gasteiger partial charge in [-0.15, -0.1) is 0 Å². The summed E-state index contributed by atoms with van der Waals surface area (Å²) in [6.45, 7) is 0. The van der Waals surface area contributed by atoms with E-state index in [4.69, 9.17) is 0 Å². The van der Waals surface area contributed by atoms with Gasteiger partial charge in [0.15, 0.2) is 0 Å². The van der Waals surface area contributed by atoms with Gasteiger partial charge in [-0.3, -0.25) is 4.79 Å². The van der Waals surface area contributed by atoms with Crippen LogP contribution in [-0.2, 0) is 4.79 Å². The number of halogens is 2. The molecule has 0 spiro atoms. The molecule has 6 heteroatoms. The number of aromatic nitrogens is 1. The minimum Gasteiger partial charge on any atom is -0.360 e. The second kappa shape index (κ2) is 4.34. The molecule has 1 rings (SSSR count). The highest BCUT2D eigenvalue weighted by Gasteiger charge is 2.12. The topological polar surface area (TPSA) is 57.2 Å². The molecule has 0 bridgehead atoms. The molecule has 0 aromatic carbocycles. The fourth-order valence-corrected chi connectivity index (χ4v) is 0.639. The molecule has 0 saturated carbocycles. The van der Waals surface area contributed by atoms with E-state index in [1.807, 2.05) is 0 Å². The van der Waals surface area contributed by atoms with Crippen LogP contribution in [0.3, 0.4) is 0 Å². The van der Waals surface area contributed by atoms with Gasteiger partial charge < -0.3 is 4.98 Å². The molecular formula is C7H7F2N3O. The fourth-order valence-electron chi connectivity index (χ4n) is 0.639. The van der Waals surface area contributed by atoms with Crippen LogP contribution >= 0.6 is 0 Å². The van der Waals surface area contributed by atoms with Gasteiger partial charge in [-0.05, 0) is 12.1 Å². The van der Waals surface area contributed by atoms with Crippen molar-refractivity contribution >= 4 is 12.1 Å². The average Bonchev–Trinajstić information content (AvgIpc) is 2.56. The van der Waals surface area contributed by atoms with Crippen LogP contribution in [0.1, 0.15) is 5.69 Å². The Balaban J connectivity index is 2.39. The first kappa shape index (κ1) is 9.37. The van der Waals surface area contributed by atoms with E-state index < -0.39 is 12.3 Å². The third-order valence-electron chi connectivity index (χ3n) is 1.20. The SMILES string of the molecule is O=C(N/N=C/c1ccc[nH]1)C(F)F. The molecule has 1 amide bonds. The summed E-state index contributed by atoms with van der Waals surface area (Å²) in [6.07, 6.45) is -0.155. The number of nitrogens with zero attached hydrogens (tertiary/aromatic N) is 1. The van der Waals surface area contributed by atoms with Gasteiger partial charge in [-0.2, -0.15) is 13.9 Å². The van der Waals surface area contributed by atoms with Crippen LogP contribution in [0.2, 0.25) is 0 Å². The maximum atomic E-state index is 11.6. The van der Waals surface area contributed by atoms with Gasteiger partial charge in [-0.1, -0.05) is 0 Å². The summed E-state index contributed by atoms with van der Waals surface area (Å²) >= 11 is 0. The Bertz CT molecular complexity index is 295. The lowest BCUT2D eigenvalue weighted by molar-refractivity contribution is -0.131. The van der Waals surface area contributed by atoms with Crippen molar-refractivity contribution in [2.45, 2.75) is 6.43 Å². The van der Waals surface area contributed by atoms with Crippen molar-refractivity contribution in [3.8, 4) is 0 Å². The summed E-state index contributed by atoms with van der Waals surface area (Å²) in [5.41, 5.74) is 2.30. The largest absolute Gasteiger partial charge is 0.360 e. The molecule has 0 aliphatic rings. The minimum atomic E-state index is -3.04. The first-order chi connectivity index (χ1) is 6.20. The summed E-state index contributed by atoms with van der Waals surface area (Å²) < 4.78 is 23.2. The van der Waals surface area contributed by atoms with Crippen LogP contribution in [-0.4, -0.2) is 23.5 Å². The van der Waals surface area contributed by atoms with Crippen molar-refractivity contribution in [1.29, 1.82) is 0 Å². The molecule has 13 heavy (non-hydrogen) atoms. The van der Waals surface area contributed by atoms with E-state index in [1.165, 1.54) is 6.21 Å². The Kier molecular flexibility index (Phi) is 3.13. The molecule has 4 nitrogen and oxygen atoms in total. The van der Waals surface area contributed by atoms with Crippen molar-refractivity contribution in [2.24, 2.45) is 5.10 Å². The van der Waals surface area contributed by atoms with Crippen molar-refractivity contribution in [1.82, 2.24) is 10.4 Å². The number of hydrazone groups is 1. The van der Waals surface area contributed by atoms with Gasteiger partial charge in [-0.25, -0.2) is 5.43 Å². The predicted octanol–water partition coefficient (Wildman–Crippen LogP) is 0.730. The van der Waals surface area contributed by atoms with Crippen molar-refractivity contribution in [2.75, 3.05) is 0 Å². The average molecular weight is 187 g/mol. The number of nitrogens with one attached hydrogen (secondary N) is 2. The van der Waals surface area contributed by atoms with Crippen LogP contribution in [0.5, 0.6) is 0 Å². The van der Waals surface area contributed by atoms with E-state index in [0.29, 0.717) is 5.69 Å².